The molecule has 1 amide bonds. The van der Waals surface area contributed by atoms with E-state index in [1.807, 2.05) is 51.0 Å². The first kappa shape index (κ1) is 29.7. The van der Waals surface area contributed by atoms with Crippen LogP contribution in [0.15, 0.2) is 58.9 Å². The molecule has 8 nitrogen and oxygen atoms in total. The van der Waals surface area contributed by atoms with E-state index >= 15 is 4.39 Å². The van der Waals surface area contributed by atoms with Crippen molar-refractivity contribution in [3.05, 3.63) is 81.8 Å². The Balaban J connectivity index is 1.84. The molecule has 0 aliphatic carbocycles. The number of rotatable bonds is 6. The average molecular weight is 607 g/mol. The first-order chi connectivity index (χ1) is 20.1. The van der Waals surface area contributed by atoms with Gasteiger partial charge in [0.25, 0.3) is 0 Å². The van der Waals surface area contributed by atoms with E-state index in [-0.39, 0.29) is 34.1 Å². The molecule has 1 atom stereocenters. The SMILES string of the molecule is C=CC(=O)N1CCN(c2nc(=O)n(-c3c(C)ccnc3C(C)C)c3nc(-c4c(F)cccc4SC)c(Cl)cc23)[C@@H](C)C1. The van der Waals surface area contributed by atoms with Gasteiger partial charge in [-0.2, -0.15) is 4.98 Å². The molecule has 3 aromatic heterocycles. The van der Waals surface area contributed by atoms with E-state index in [0.717, 1.165) is 5.56 Å². The number of hydrogen-bond acceptors (Lipinski definition) is 7. The van der Waals surface area contributed by atoms with Crippen LogP contribution in [0.5, 0.6) is 0 Å². The molecule has 5 rings (SSSR count). The summed E-state index contributed by atoms with van der Waals surface area (Å²) in [5, 5.41) is 0.773. The van der Waals surface area contributed by atoms with Crippen LogP contribution in [-0.4, -0.2) is 62.3 Å². The van der Waals surface area contributed by atoms with E-state index < -0.39 is 11.5 Å². The number of aryl methyl sites for hydroxylation is 1. The van der Waals surface area contributed by atoms with Crippen LogP contribution in [0.3, 0.4) is 0 Å². The Morgan fingerprint density at radius 2 is 2.00 bits per heavy atom. The highest BCUT2D eigenvalue weighted by Crippen LogP contribution is 2.39. The number of carbonyl (C=O) groups is 1. The van der Waals surface area contributed by atoms with Gasteiger partial charge in [-0.1, -0.05) is 38.1 Å². The van der Waals surface area contributed by atoms with E-state index in [9.17, 15) is 9.59 Å². The van der Waals surface area contributed by atoms with E-state index in [1.54, 1.807) is 23.2 Å². The highest BCUT2D eigenvalue weighted by atomic mass is 35.5. The fourth-order valence-corrected chi connectivity index (χ4v) is 6.35. The largest absolute Gasteiger partial charge is 0.355 e. The average Bonchev–Trinajstić information content (AvgIpc) is 2.96. The highest BCUT2D eigenvalue weighted by Gasteiger charge is 2.30. The topological polar surface area (TPSA) is 84.2 Å². The molecule has 0 saturated carbocycles. The number of carbonyl (C=O) groups excluding carboxylic acids is 1. The Morgan fingerprint density at radius 3 is 2.67 bits per heavy atom. The van der Waals surface area contributed by atoms with Crippen molar-refractivity contribution in [2.45, 2.75) is 44.6 Å². The first-order valence-electron chi connectivity index (χ1n) is 13.7. The third kappa shape index (κ3) is 5.18. The summed E-state index contributed by atoms with van der Waals surface area (Å²) in [5.41, 5.74) is 2.40. The number of fused-ring (bicyclic) bond motifs is 1. The van der Waals surface area contributed by atoms with Crippen LogP contribution < -0.4 is 10.6 Å². The molecule has 11 heteroatoms. The Morgan fingerprint density at radius 1 is 1.24 bits per heavy atom. The van der Waals surface area contributed by atoms with E-state index in [1.165, 1.54) is 28.5 Å². The predicted molar refractivity (Wildman–Crippen MR) is 168 cm³/mol. The molecule has 1 aromatic carbocycles. The lowest BCUT2D eigenvalue weighted by molar-refractivity contribution is -0.126. The van der Waals surface area contributed by atoms with Gasteiger partial charge in [0.15, 0.2) is 5.65 Å². The Hall–Kier alpha value is -3.76. The van der Waals surface area contributed by atoms with Gasteiger partial charge in [-0.25, -0.2) is 18.7 Å². The van der Waals surface area contributed by atoms with Crippen molar-refractivity contribution in [1.82, 2.24) is 24.4 Å². The van der Waals surface area contributed by atoms with Gasteiger partial charge in [0, 0.05) is 36.8 Å². The zero-order valence-corrected chi connectivity index (χ0v) is 25.8. The molecule has 0 bridgehead atoms. The summed E-state index contributed by atoms with van der Waals surface area (Å²) in [6.07, 6.45) is 4.88. The maximum atomic E-state index is 15.3. The second-order valence-electron chi connectivity index (χ2n) is 10.6. The number of piperazine rings is 1. The minimum atomic E-state index is -0.535. The molecule has 1 saturated heterocycles. The van der Waals surface area contributed by atoms with Crippen LogP contribution in [0.4, 0.5) is 10.2 Å². The van der Waals surface area contributed by atoms with Crippen LogP contribution >= 0.6 is 23.4 Å². The normalized spacial score (nSPS) is 15.5. The summed E-state index contributed by atoms with van der Waals surface area (Å²) >= 11 is 8.26. The van der Waals surface area contributed by atoms with Crippen LogP contribution in [-0.2, 0) is 4.79 Å². The van der Waals surface area contributed by atoms with Crippen molar-refractivity contribution in [1.29, 1.82) is 0 Å². The number of benzene rings is 1. The fraction of sp³-hybridized carbons (Fsp3) is 0.323. The summed E-state index contributed by atoms with van der Waals surface area (Å²) < 4.78 is 16.8. The monoisotopic (exact) mass is 606 g/mol. The van der Waals surface area contributed by atoms with E-state index in [2.05, 4.69) is 16.5 Å². The smallest absolute Gasteiger partial charge is 0.350 e. The number of amides is 1. The van der Waals surface area contributed by atoms with E-state index in [0.29, 0.717) is 52.8 Å². The number of anilines is 1. The maximum absolute atomic E-state index is 15.3. The Kier molecular flexibility index (Phi) is 8.39. The summed E-state index contributed by atoms with van der Waals surface area (Å²) in [5.74, 6) is -0.196. The van der Waals surface area contributed by atoms with Gasteiger partial charge in [0.05, 0.1) is 33.0 Å². The van der Waals surface area contributed by atoms with Gasteiger partial charge in [-0.05, 0) is 61.9 Å². The van der Waals surface area contributed by atoms with Gasteiger partial charge >= 0.3 is 5.69 Å². The minimum Gasteiger partial charge on any atom is -0.350 e. The summed E-state index contributed by atoms with van der Waals surface area (Å²) in [6, 6.07) is 8.21. The Labute approximate surface area is 253 Å². The van der Waals surface area contributed by atoms with Gasteiger partial charge in [-0.3, -0.25) is 9.78 Å². The van der Waals surface area contributed by atoms with Gasteiger partial charge < -0.3 is 9.80 Å². The fourth-order valence-electron chi connectivity index (χ4n) is 5.49. The van der Waals surface area contributed by atoms with Crippen LogP contribution in [0.25, 0.3) is 28.0 Å². The number of halogens is 2. The lowest BCUT2D eigenvalue weighted by Gasteiger charge is -2.40. The standard InChI is InChI=1S/C31H32ClFN6O2S/c1-7-24(40)37-13-14-38(19(5)16-37)29-20-15-21(32)27(25-22(33)9-8-10-23(25)42-6)35-30(20)39(31(41)36-29)28-18(4)11-12-34-26(28)17(2)3/h7-12,15,17,19H,1,13-14,16H2,2-6H3/t19-/m0/s1. The van der Waals surface area contributed by atoms with Crippen molar-refractivity contribution in [3.63, 3.8) is 0 Å². The second-order valence-corrected chi connectivity index (χ2v) is 11.9. The maximum Gasteiger partial charge on any atom is 0.355 e. The molecule has 4 heterocycles. The zero-order chi connectivity index (χ0) is 30.3. The molecular formula is C31H32ClFN6O2S. The summed E-state index contributed by atoms with van der Waals surface area (Å²) in [6.45, 7) is 12.8. The molecule has 1 aliphatic rings. The molecule has 0 spiro atoms. The summed E-state index contributed by atoms with van der Waals surface area (Å²) in [4.78, 5) is 44.8. The molecule has 0 unspecified atom stereocenters. The van der Waals surface area contributed by atoms with Gasteiger partial charge in [0.1, 0.15) is 11.6 Å². The number of hydrogen-bond donors (Lipinski definition) is 0. The molecule has 1 aliphatic heterocycles. The number of aromatic nitrogens is 4. The molecule has 0 radical (unpaired) electrons. The molecule has 218 valence electrons. The first-order valence-corrected chi connectivity index (χ1v) is 15.3. The third-order valence-electron chi connectivity index (χ3n) is 7.54. The molecule has 42 heavy (non-hydrogen) atoms. The number of thioether (sulfide) groups is 1. The quantitative estimate of drug-likeness (QED) is 0.196. The van der Waals surface area contributed by atoms with Crippen LogP contribution in [0.1, 0.15) is 37.9 Å². The van der Waals surface area contributed by atoms with Crippen molar-refractivity contribution in [3.8, 4) is 16.9 Å². The summed E-state index contributed by atoms with van der Waals surface area (Å²) in [7, 11) is 0. The predicted octanol–water partition coefficient (Wildman–Crippen LogP) is 6.01. The van der Waals surface area contributed by atoms with Gasteiger partial charge in [-0.15, -0.1) is 11.8 Å². The van der Waals surface area contributed by atoms with Crippen LogP contribution in [0, 0.1) is 12.7 Å². The zero-order valence-electron chi connectivity index (χ0n) is 24.2. The number of nitrogens with zero attached hydrogens (tertiary/aromatic N) is 6. The minimum absolute atomic E-state index is 0.00143. The number of pyridine rings is 2. The molecule has 0 N–H and O–H groups in total. The molecule has 1 fully saturated rings. The lowest BCUT2D eigenvalue weighted by atomic mass is 10.0. The Bertz CT molecular complexity index is 1780. The molecule has 4 aromatic rings. The van der Waals surface area contributed by atoms with Gasteiger partial charge in [0.2, 0.25) is 5.91 Å². The van der Waals surface area contributed by atoms with Crippen molar-refractivity contribution < 1.29 is 9.18 Å². The van der Waals surface area contributed by atoms with Crippen LogP contribution in [0.2, 0.25) is 5.02 Å². The van der Waals surface area contributed by atoms with Crippen molar-refractivity contribution in [2.75, 3.05) is 30.8 Å². The van der Waals surface area contributed by atoms with E-state index in [4.69, 9.17) is 16.6 Å². The second kappa shape index (κ2) is 11.9. The van der Waals surface area contributed by atoms with Crippen molar-refractivity contribution in [2.24, 2.45) is 0 Å². The lowest BCUT2D eigenvalue weighted by Crippen LogP contribution is -2.54. The highest BCUT2D eigenvalue weighted by molar-refractivity contribution is 7.98. The molecular weight excluding hydrogens is 575 g/mol. The van der Waals surface area contributed by atoms with Crippen molar-refractivity contribution >= 4 is 46.1 Å². The third-order valence-corrected chi connectivity index (χ3v) is 8.61.